The van der Waals surface area contributed by atoms with E-state index in [2.05, 4.69) is 12.0 Å². The van der Waals surface area contributed by atoms with Gasteiger partial charge < -0.3 is 5.11 Å². The third kappa shape index (κ3) is 1.60. The van der Waals surface area contributed by atoms with Gasteiger partial charge in [-0.2, -0.15) is 5.10 Å². The number of hydrogen-bond acceptors (Lipinski definition) is 2. The van der Waals surface area contributed by atoms with Crippen molar-refractivity contribution in [2.24, 2.45) is 0 Å². The monoisotopic (exact) mass is 154 g/mol. The Morgan fingerprint density at radius 2 is 2.27 bits per heavy atom. The molecule has 1 aromatic heterocycles. The van der Waals surface area contributed by atoms with Crippen molar-refractivity contribution in [2.75, 3.05) is 0 Å². The highest BCUT2D eigenvalue weighted by atomic mass is 16.3. The van der Waals surface area contributed by atoms with Crippen LogP contribution in [0.25, 0.3) is 0 Å². The van der Waals surface area contributed by atoms with Crippen LogP contribution in [0.15, 0.2) is 6.07 Å². The molecule has 1 heterocycles. The van der Waals surface area contributed by atoms with Crippen molar-refractivity contribution >= 4 is 0 Å². The summed E-state index contributed by atoms with van der Waals surface area (Å²) in [7, 11) is 0. The summed E-state index contributed by atoms with van der Waals surface area (Å²) in [5.74, 6) is 0. The van der Waals surface area contributed by atoms with E-state index in [9.17, 15) is 0 Å². The van der Waals surface area contributed by atoms with Crippen LogP contribution in [0.5, 0.6) is 0 Å². The molecule has 3 heteroatoms. The molecule has 1 N–H and O–H groups in total. The fourth-order valence-corrected chi connectivity index (χ4v) is 1.15. The van der Waals surface area contributed by atoms with Gasteiger partial charge >= 0.3 is 0 Å². The number of aliphatic hydroxyl groups excluding tert-OH is 1. The van der Waals surface area contributed by atoms with Gasteiger partial charge in [-0.05, 0) is 19.4 Å². The Morgan fingerprint density at radius 1 is 1.55 bits per heavy atom. The minimum atomic E-state index is 0.0417. The van der Waals surface area contributed by atoms with Crippen LogP contribution in [0.3, 0.4) is 0 Å². The molecule has 0 aliphatic carbocycles. The zero-order valence-corrected chi connectivity index (χ0v) is 7.04. The minimum Gasteiger partial charge on any atom is -0.390 e. The summed E-state index contributed by atoms with van der Waals surface area (Å²) in [6.07, 6.45) is 0.973. The molecule has 0 radical (unpaired) electrons. The molecule has 0 unspecified atom stereocenters. The third-order valence-electron chi connectivity index (χ3n) is 1.74. The van der Waals surface area contributed by atoms with Crippen molar-refractivity contribution < 1.29 is 5.11 Å². The molecule has 62 valence electrons. The summed E-state index contributed by atoms with van der Waals surface area (Å²) in [5.41, 5.74) is 1.96. The third-order valence-corrected chi connectivity index (χ3v) is 1.74. The lowest BCUT2D eigenvalue weighted by Crippen LogP contribution is -2.01. The number of aryl methyl sites for hydroxylation is 2. The van der Waals surface area contributed by atoms with Crippen molar-refractivity contribution in [2.45, 2.75) is 33.4 Å². The first-order valence-electron chi connectivity index (χ1n) is 3.98. The normalized spacial score (nSPS) is 10.5. The first kappa shape index (κ1) is 8.27. The maximum atomic E-state index is 8.79. The molecule has 11 heavy (non-hydrogen) atoms. The van der Waals surface area contributed by atoms with Crippen LogP contribution in [0.1, 0.15) is 25.2 Å². The van der Waals surface area contributed by atoms with E-state index >= 15 is 0 Å². The lowest BCUT2D eigenvalue weighted by Gasteiger charge is -1.98. The van der Waals surface area contributed by atoms with Gasteiger partial charge in [0, 0.05) is 12.2 Å². The van der Waals surface area contributed by atoms with E-state index in [-0.39, 0.29) is 6.61 Å². The van der Waals surface area contributed by atoms with Crippen molar-refractivity contribution in [3.63, 3.8) is 0 Å². The maximum Gasteiger partial charge on any atom is 0.0881 e. The second-order valence-corrected chi connectivity index (χ2v) is 2.45. The number of hydrogen-bond donors (Lipinski definition) is 1. The Kier molecular flexibility index (Phi) is 2.65. The maximum absolute atomic E-state index is 8.79. The van der Waals surface area contributed by atoms with E-state index in [1.807, 2.05) is 17.7 Å². The Hall–Kier alpha value is -0.830. The molecular weight excluding hydrogens is 140 g/mol. The SMILES string of the molecule is CCc1cc(CO)nn1CC. The van der Waals surface area contributed by atoms with E-state index in [0.29, 0.717) is 0 Å². The Labute approximate surface area is 66.7 Å². The van der Waals surface area contributed by atoms with Crippen LogP contribution in [0.2, 0.25) is 0 Å². The summed E-state index contributed by atoms with van der Waals surface area (Å²) in [6.45, 7) is 5.06. The highest BCUT2D eigenvalue weighted by Gasteiger charge is 2.02. The summed E-state index contributed by atoms with van der Waals surface area (Å²) in [6, 6.07) is 1.95. The number of nitrogens with zero attached hydrogens (tertiary/aromatic N) is 2. The average Bonchev–Trinajstić information content (AvgIpc) is 2.46. The Bertz CT molecular complexity index is 208. The zero-order chi connectivity index (χ0) is 8.27. The van der Waals surface area contributed by atoms with Gasteiger partial charge in [0.25, 0.3) is 0 Å². The van der Waals surface area contributed by atoms with Crippen molar-refractivity contribution in [1.82, 2.24) is 9.78 Å². The summed E-state index contributed by atoms with van der Waals surface area (Å²) < 4.78 is 1.92. The molecular formula is C8H14N2O. The fraction of sp³-hybridized carbons (Fsp3) is 0.625. The summed E-state index contributed by atoms with van der Waals surface area (Å²) in [5, 5.41) is 13.0. The second kappa shape index (κ2) is 3.53. The zero-order valence-electron chi connectivity index (χ0n) is 7.04. The van der Waals surface area contributed by atoms with Crippen LogP contribution < -0.4 is 0 Å². The van der Waals surface area contributed by atoms with Gasteiger partial charge in [-0.25, -0.2) is 0 Å². The smallest absolute Gasteiger partial charge is 0.0881 e. The van der Waals surface area contributed by atoms with E-state index < -0.39 is 0 Å². The fourth-order valence-electron chi connectivity index (χ4n) is 1.15. The molecule has 0 aliphatic rings. The molecule has 1 rings (SSSR count). The van der Waals surface area contributed by atoms with Crippen molar-refractivity contribution in [1.29, 1.82) is 0 Å². The molecule has 1 aromatic rings. The van der Waals surface area contributed by atoms with Gasteiger partial charge in [-0.15, -0.1) is 0 Å². The lowest BCUT2D eigenvalue weighted by molar-refractivity contribution is 0.275. The van der Waals surface area contributed by atoms with Crippen LogP contribution in [0, 0.1) is 0 Å². The number of aliphatic hydroxyl groups is 1. The standard InChI is InChI=1S/C8H14N2O/c1-3-8-5-7(6-11)9-10(8)4-2/h5,11H,3-4,6H2,1-2H3. The molecule has 0 fully saturated rings. The minimum absolute atomic E-state index is 0.0417. The number of rotatable bonds is 3. The van der Waals surface area contributed by atoms with Gasteiger partial charge in [-0.1, -0.05) is 6.92 Å². The van der Waals surface area contributed by atoms with Crippen molar-refractivity contribution in [3.8, 4) is 0 Å². The molecule has 0 aromatic carbocycles. The molecule has 0 saturated carbocycles. The second-order valence-electron chi connectivity index (χ2n) is 2.45. The van der Waals surface area contributed by atoms with Crippen LogP contribution >= 0.6 is 0 Å². The summed E-state index contributed by atoms with van der Waals surface area (Å²) >= 11 is 0. The summed E-state index contributed by atoms with van der Waals surface area (Å²) in [4.78, 5) is 0. The van der Waals surface area contributed by atoms with Gasteiger partial charge in [0.2, 0.25) is 0 Å². The molecule has 0 amide bonds. The molecule has 0 atom stereocenters. The Morgan fingerprint density at radius 3 is 2.64 bits per heavy atom. The van der Waals surface area contributed by atoms with Crippen LogP contribution in [-0.2, 0) is 19.6 Å². The topological polar surface area (TPSA) is 38.1 Å². The van der Waals surface area contributed by atoms with Crippen LogP contribution in [0.4, 0.5) is 0 Å². The Balaban J connectivity index is 2.92. The largest absolute Gasteiger partial charge is 0.390 e. The van der Waals surface area contributed by atoms with E-state index in [1.54, 1.807) is 0 Å². The van der Waals surface area contributed by atoms with E-state index in [1.165, 1.54) is 5.69 Å². The lowest BCUT2D eigenvalue weighted by atomic mass is 10.3. The highest BCUT2D eigenvalue weighted by Crippen LogP contribution is 2.04. The molecule has 0 bridgehead atoms. The molecule has 3 nitrogen and oxygen atoms in total. The predicted molar refractivity (Wildman–Crippen MR) is 43.2 cm³/mol. The number of aromatic nitrogens is 2. The van der Waals surface area contributed by atoms with E-state index in [0.717, 1.165) is 18.7 Å². The average molecular weight is 154 g/mol. The first-order chi connectivity index (χ1) is 5.31. The molecule has 0 saturated heterocycles. The first-order valence-corrected chi connectivity index (χ1v) is 3.98. The van der Waals surface area contributed by atoms with Gasteiger partial charge in [0.15, 0.2) is 0 Å². The van der Waals surface area contributed by atoms with Crippen molar-refractivity contribution in [3.05, 3.63) is 17.5 Å². The quantitative estimate of drug-likeness (QED) is 0.704. The highest BCUT2D eigenvalue weighted by molar-refractivity contribution is 5.09. The molecule has 0 aliphatic heterocycles. The van der Waals surface area contributed by atoms with Gasteiger partial charge in [-0.3, -0.25) is 4.68 Å². The predicted octanol–water partition coefficient (Wildman–Crippen LogP) is 0.958. The molecule has 0 spiro atoms. The van der Waals surface area contributed by atoms with Gasteiger partial charge in [0.05, 0.1) is 12.3 Å². The van der Waals surface area contributed by atoms with Gasteiger partial charge in [0.1, 0.15) is 0 Å². The van der Waals surface area contributed by atoms with E-state index in [4.69, 9.17) is 5.11 Å². The van der Waals surface area contributed by atoms with Crippen LogP contribution in [-0.4, -0.2) is 14.9 Å².